The molecule has 1 heterocycles. The van der Waals surface area contributed by atoms with Crippen LogP contribution < -0.4 is 10.1 Å². The number of carbonyl (C=O) groups is 2. The zero-order valence-corrected chi connectivity index (χ0v) is 13.8. The lowest BCUT2D eigenvalue weighted by Crippen LogP contribution is -2.23. The number of halogens is 1. The molecule has 1 aromatic carbocycles. The quantitative estimate of drug-likeness (QED) is 0.574. The summed E-state index contributed by atoms with van der Waals surface area (Å²) in [6, 6.07) is 8.76. The summed E-state index contributed by atoms with van der Waals surface area (Å²) >= 11 is 2.17. The van der Waals surface area contributed by atoms with Crippen LogP contribution in [0.5, 0.6) is 5.75 Å². The molecule has 0 aliphatic heterocycles. The molecule has 22 heavy (non-hydrogen) atoms. The number of hydrogen-bond acceptors (Lipinski definition) is 6. The molecular formula is C14H13IN2O5. The van der Waals surface area contributed by atoms with Crippen molar-refractivity contribution in [3.05, 3.63) is 39.7 Å². The van der Waals surface area contributed by atoms with Crippen LogP contribution in [0.3, 0.4) is 0 Å². The highest BCUT2D eigenvalue weighted by Crippen LogP contribution is 2.13. The molecule has 0 atom stereocenters. The van der Waals surface area contributed by atoms with Crippen molar-refractivity contribution in [2.45, 2.75) is 6.92 Å². The maximum absolute atomic E-state index is 11.5. The Morgan fingerprint density at radius 3 is 2.64 bits per heavy atom. The highest BCUT2D eigenvalue weighted by atomic mass is 127. The van der Waals surface area contributed by atoms with Gasteiger partial charge in [0, 0.05) is 9.64 Å². The predicted octanol–water partition coefficient (Wildman–Crippen LogP) is 2.15. The summed E-state index contributed by atoms with van der Waals surface area (Å²) in [5, 5.41) is 6.03. The molecule has 1 amide bonds. The molecule has 2 aromatic rings. The van der Waals surface area contributed by atoms with Crippen molar-refractivity contribution in [2.24, 2.45) is 0 Å². The van der Waals surface area contributed by atoms with Crippen molar-refractivity contribution in [3.63, 3.8) is 0 Å². The summed E-state index contributed by atoms with van der Waals surface area (Å²) in [7, 11) is 0. The smallest absolute Gasteiger partial charge is 0.344 e. The third-order valence-electron chi connectivity index (χ3n) is 2.43. The largest absolute Gasteiger partial charge is 0.482 e. The van der Waals surface area contributed by atoms with Crippen LogP contribution in [0.2, 0.25) is 0 Å². The monoisotopic (exact) mass is 416 g/mol. The Kier molecular flexibility index (Phi) is 5.75. The van der Waals surface area contributed by atoms with E-state index in [1.807, 2.05) is 12.1 Å². The number of amides is 1. The summed E-state index contributed by atoms with van der Waals surface area (Å²) < 4.78 is 15.9. The second kappa shape index (κ2) is 7.78. The Morgan fingerprint density at radius 1 is 1.27 bits per heavy atom. The molecule has 0 saturated carbocycles. The normalized spacial score (nSPS) is 10.1. The molecule has 1 N–H and O–H groups in total. The van der Waals surface area contributed by atoms with Crippen molar-refractivity contribution in [1.29, 1.82) is 0 Å². The van der Waals surface area contributed by atoms with Gasteiger partial charge in [-0.15, -0.1) is 0 Å². The number of hydrogen-bond donors (Lipinski definition) is 1. The van der Waals surface area contributed by atoms with Gasteiger partial charge in [0.15, 0.2) is 19.0 Å². The molecule has 0 aliphatic rings. The van der Waals surface area contributed by atoms with Crippen LogP contribution in [0, 0.1) is 10.5 Å². The van der Waals surface area contributed by atoms with E-state index in [4.69, 9.17) is 14.0 Å². The van der Waals surface area contributed by atoms with Gasteiger partial charge in [-0.1, -0.05) is 5.16 Å². The molecule has 7 nitrogen and oxygen atoms in total. The number of carbonyl (C=O) groups excluding carboxylic acids is 2. The van der Waals surface area contributed by atoms with Crippen molar-refractivity contribution in [3.8, 4) is 5.75 Å². The fraction of sp³-hybridized carbons (Fsp3) is 0.214. The van der Waals surface area contributed by atoms with Gasteiger partial charge < -0.3 is 19.3 Å². The van der Waals surface area contributed by atoms with Crippen LogP contribution in [0.15, 0.2) is 34.9 Å². The average Bonchev–Trinajstić information content (AvgIpc) is 2.89. The Morgan fingerprint density at radius 2 is 2.00 bits per heavy atom. The number of aromatic nitrogens is 1. The third-order valence-corrected chi connectivity index (χ3v) is 3.15. The van der Waals surface area contributed by atoms with E-state index >= 15 is 0 Å². The Bertz CT molecular complexity index is 654. The number of nitrogens with zero attached hydrogens (tertiary/aromatic N) is 1. The zero-order chi connectivity index (χ0) is 15.9. The minimum atomic E-state index is -0.634. The molecule has 0 saturated heterocycles. The topological polar surface area (TPSA) is 90.7 Å². The van der Waals surface area contributed by atoms with E-state index in [0.29, 0.717) is 11.5 Å². The molecule has 8 heteroatoms. The minimum Gasteiger partial charge on any atom is -0.482 e. The second-order valence-corrected chi connectivity index (χ2v) is 5.52. The number of esters is 1. The molecule has 0 spiro atoms. The first-order valence-corrected chi connectivity index (χ1v) is 7.38. The maximum Gasteiger partial charge on any atom is 0.344 e. The van der Waals surface area contributed by atoms with Gasteiger partial charge in [-0.25, -0.2) is 4.79 Å². The molecule has 2 rings (SSSR count). The molecule has 116 valence electrons. The summed E-state index contributed by atoms with van der Waals surface area (Å²) in [5.74, 6) is 0.257. The SMILES string of the molecule is Cc1cc(NC(=O)COC(=O)COc2ccc(I)cc2)no1. The Balaban J connectivity index is 1.68. The van der Waals surface area contributed by atoms with Crippen molar-refractivity contribution < 1.29 is 23.6 Å². The summed E-state index contributed by atoms with van der Waals surface area (Å²) in [6.07, 6.45) is 0. The third kappa shape index (κ3) is 5.35. The van der Waals surface area contributed by atoms with Gasteiger partial charge in [0.1, 0.15) is 11.5 Å². The lowest BCUT2D eigenvalue weighted by molar-refractivity contribution is -0.149. The number of anilines is 1. The molecule has 0 fully saturated rings. The van der Waals surface area contributed by atoms with Gasteiger partial charge in [0.05, 0.1) is 0 Å². The standard InChI is InChI=1S/C14H13IN2O5/c1-9-6-12(17-22-9)16-13(18)7-21-14(19)8-20-11-4-2-10(15)3-5-11/h2-6H,7-8H2,1H3,(H,16,17,18). The van der Waals surface area contributed by atoms with Crippen LogP contribution >= 0.6 is 22.6 Å². The average molecular weight is 416 g/mol. The van der Waals surface area contributed by atoms with Gasteiger partial charge in [0.25, 0.3) is 5.91 Å². The number of nitrogens with one attached hydrogen (secondary N) is 1. The maximum atomic E-state index is 11.5. The van der Waals surface area contributed by atoms with E-state index in [9.17, 15) is 9.59 Å². The molecule has 0 aliphatic carbocycles. The van der Waals surface area contributed by atoms with Gasteiger partial charge in [-0.05, 0) is 53.8 Å². The molecule has 1 aromatic heterocycles. The van der Waals surface area contributed by atoms with Crippen LogP contribution in [-0.4, -0.2) is 30.2 Å². The molecule has 0 radical (unpaired) electrons. The molecular weight excluding hydrogens is 403 g/mol. The van der Waals surface area contributed by atoms with Crippen LogP contribution in [-0.2, 0) is 14.3 Å². The van der Waals surface area contributed by atoms with Crippen molar-refractivity contribution in [2.75, 3.05) is 18.5 Å². The van der Waals surface area contributed by atoms with E-state index in [1.165, 1.54) is 0 Å². The first-order valence-electron chi connectivity index (χ1n) is 6.30. The van der Waals surface area contributed by atoms with Crippen molar-refractivity contribution >= 4 is 40.3 Å². The lowest BCUT2D eigenvalue weighted by atomic mass is 10.3. The van der Waals surface area contributed by atoms with E-state index in [2.05, 4.69) is 33.1 Å². The first-order chi connectivity index (χ1) is 10.5. The molecule has 0 unspecified atom stereocenters. The Labute approximate surface area is 140 Å². The Hall–Kier alpha value is -2.10. The highest BCUT2D eigenvalue weighted by molar-refractivity contribution is 14.1. The fourth-order valence-corrected chi connectivity index (χ4v) is 1.82. The highest BCUT2D eigenvalue weighted by Gasteiger charge is 2.10. The number of benzene rings is 1. The summed E-state index contributed by atoms with van der Waals surface area (Å²) in [4.78, 5) is 23.0. The van der Waals surface area contributed by atoms with Crippen LogP contribution in [0.1, 0.15) is 5.76 Å². The van der Waals surface area contributed by atoms with Gasteiger partial charge in [0.2, 0.25) is 0 Å². The summed E-state index contributed by atoms with van der Waals surface area (Å²) in [5.41, 5.74) is 0. The first kappa shape index (κ1) is 16.3. The van der Waals surface area contributed by atoms with Crippen LogP contribution in [0.4, 0.5) is 5.82 Å². The predicted molar refractivity (Wildman–Crippen MR) is 85.5 cm³/mol. The number of ether oxygens (including phenoxy) is 2. The number of aryl methyl sites for hydroxylation is 1. The van der Waals surface area contributed by atoms with Crippen molar-refractivity contribution in [1.82, 2.24) is 5.16 Å². The van der Waals surface area contributed by atoms with Gasteiger partial charge >= 0.3 is 5.97 Å². The summed E-state index contributed by atoms with van der Waals surface area (Å²) in [6.45, 7) is 1.02. The van der Waals surface area contributed by atoms with E-state index < -0.39 is 18.5 Å². The van der Waals surface area contributed by atoms with Gasteiger partial charge in [-0.2, -0.15) is 0 Å². The van der Waals surface area contributed by atoms with E-state index in [0.717, 1.165) is 3.57 Å². The number of rotatable bonds is 6. The van der Waals surface area contributed by atoms with Gasteiger partial charge in [-0.3, -0.25) is 4.79 Å². The van der Waals surface area contributed by atoms with E-state index in [1.54, 1.807) is 25.1 Å². The fourth-order valence-electron chi connectivity index (χ4n) is 1.47. The van der Waals surface area contributed by atoms with Crippen LogP contribution in [0.25, 0.3) is 0 Å². The second-order valence-electron chi connectivity index (χ2n) is 4.27. The van der Waals surface area contributed by atoms with E-state index in [-0.39, 0.29) is 12.4 Å². The molecule has 0 bridgehead atoms. The zero-order valence-electron chi connectivity index (χ0n) is 11.7. The lowest BCUT2D eigenvalue weighted by Gasteiger charge is -2.06. The minimum absolute atomic E-state index is 0.267.